The van der Waals surface area contributed by atoms with Crippen molar-refractivity contribution in [2.75, 3.05) is 65.1 Å². The van der Waals surface area contributed by atoms with Crippen molar-refractivity contribution in [1.29, 1.82) is 0 Å². The second-order valence-electron chi connectivity index (χ2n) is 17.6. The normalized spacial score (nSPS) is 34.4. The number of Topliss-reactive ketones (excluding diaryl/α,β-unsaturated/α-hetero) is 1. The fraction of sp³-hybridized carbons (Fsp3) is 0.651. The quantitative estimate of drug-likeness (QED) is 0.161. The number of ether oxygens (including phenoxy) is 3. The van der Waals surface area contributed by atoms with Crippen LogP contribution in [0, 0.1) is 22.7 Å². The molecule has 1 amide bonds. The van der Waals surface area contributed by atoms with Crippen molar-refractivity contribution < 1.29 is 38.8 Å². The van der Waals surface area contributed by atoms with Crippen LogP contribution in [-0.2, 0) is 28.6 Å². The average Bonchev–Trinajstić information content (AvgIpc) is 3.65. The third-order valence-corrected chi connectivity index (χ3v) is 13.9. The molecule has 4 fully saturated rings. The number of epoxide rings is 1. The maximum Gasteiger partial charge on any atom is 0.341 e. The van der Waals surface area contributed by atoms with Gasteiger partial charge in [0.1, 0.15) is 17.2 Å². The van der Waals surface area contributed by atoms with Gasteiger partial charge in [-0.3, -0.25) is 14.6 Å². The summed E-state index contributed by atoms with van der Waals surface area (Å²) in [7, 11) is 3.95. The van der Waals surface area contributed by atoms with E-state index in [9.17, 15) is 24.6 Å². The molecule has 14 heteroatoms. The van der Waals surface area contributed by atoms with Crippen LogP contribution in [0.4, 0.5) is 5.69 Å². The van der Waals surface area contributed by atoms with Crippen LogP contribution in [0.2, 0.25) is 0 Å². The molecule has 57 heavy (non-hydrogen) atoms. The minimum atomic E-state index is -0.822. The summed E-state index contributed by atoms with van der Waals surface area (Å²) in [5.74, 6) is -0.0850. The summed E-state index contributed by atoms with van der Waals surface area (Å²) in [6.07, 6.45) is 6.79. The molecule has 4 aliphatic heterocycles. The topological polar surface area (TPSA) is 178 Å². The van der Waals surface area contributed by atoms with Gasteiger partial charge in [-0.05, 0) is 86.6 Å². The van der Waals surface area contributed by atoms with Crippen molar-refractivity contribution in [2.45, 2.75) is 95.7 Å². The van der Waals surface area contributed by atoms with E-state index in [4.69, 9.17) is 14.2 Å². The van der Waals surface area contributed by atoms with Gasteiger partial charge >= 0.3 is 5.97 Å². The highest BCUT2D eigenvalue weighted by molar-refractivity contribution is 6.07. The van der Waals surface area contributed by atoms with E-state index in [-0.39, 0.29) is 42.6 Å². The molecule has 1 aromatic carbocycles. The number of cyclic esters (lactones) is 1. The average molecular weight is 789 g/mol. The number of aliphatic hydroxyl groups excluding tert-OH is 2. The van der Waals surface area contributed by atoms with Crippen LogP contribution in [-0.4, -0.2) is 141 Å². The molecule has 0 aromatic heterocycles. The van der Waals surface area contributed by atoms with Crippen LogP contribution in [0.15, 0.2) is 51.7 Å². The number of nitrogens with zero attached hydrogens (tertiary/aromatic N) is 4. The number of benzene rings is 1. The number of aliphatic hydroxyl groups is 2. The van der Waals surface area contributed by atoms with Crippen molar-refractivity contribution in [3.63, 3.8) is 0 Å². The minimum absolute atomic E-state index is 0.00908. The van der Waals surface area contributed by atoms with Crippen LogP contribution in [0.3, 0.4) is 0 Å². The number of hydrogen-bond acceptors (Lipinski definition) is 13. The lowest BCUT2D eigenvalue weighted by Gasteiger charge is -2.63. The molecule has 7 unspecified atom stereocenters. The van der Waals surface area contributed by atoms with Gasteiger partial charge < -0.3 is 44.9 Å². The van der Waals surface area contributed by atoms with E-state index in [1.807, 2.05) is 68.1 Å². The summed E-state index contributed by atoms with van der Waals surface area (Å²) in [6.45, 7) is 10.6. The number of ketones is 1. The molecular formula is C43H60N6O8. The number of rotatable bonds is 14. The summed E-state index contributed by atoms with van der Waals surface area (Å²) < 4.78 is 18.0. The van der Waals surface area contributed by atoms with E-state index in [1.165, 1.54) is 0 Å². The van der Waals surface area contributed by atoms with Gasteiger partial charge in [-0.25, -0.2) is 9.79 Å². The molecule has 6 aliphatic rings. The Morgan fingerprint density at radius 2 is 1.84 bits per heavy atom. The number of anilines is 1. The number of aliphatic imine (C=N–C) groups is 2. The molecule has 0 radical (unpaired) electrons. The summed E-state index contributed by atoms with van der Waals surface area (Å²) in [5.41, 5.74) is 0.365. The van der Waals surface area contributed by atoms with Gasteiger partial charge in [-0.2, -0.15) is 0 Å². The van der Waals surface area contributed by atoms with Crippen molar-refractivity contribution in [1.82, 2.24) is 15.5 Å². The van der Waals surface area contributed by atoms with Crippen molar-refractivity contribution in [3.8, 4) is 0 Å². The van der Waals surface area contributed by atoms with Crippen LogP contribution in [0.25, 0.3) is 6.08 Å². The number of hydrogen-bond donors (Lipinski definition) is 4. The van der Waals surface area contributed by atoms with Crippen molar-refractivity contribution in [3.05, 3.63) is 47.2 Å². The second-order valence-corrected chi connectivity index (χ2v) is 17.6. The molecule has 2 aliphatic carbocycles. The first kappa shape index (κ1) is 41.4. The number of amidine groups is 1. The lowest BCUT2D eigenvalue weighted by molar-refractivity contribution is -0.185. The highest BCUT2D eigenvalue weighted by Gasteiger charge is 2.71. The van der Waals surface area contributed by atoms with Gasteiger partial charge in [0, 0.05) is 56.6 Å². The van der Waals surface area contributed by atoms with Gasteiger partial charge in [-0.1, -0.05) is 26.0 Å². The van der Waals surface area contributed by atoms with Gasteiger partial charge in [-0.15, -0.1) is 0 Å². The standard InChI is InChI=1S/C43H60N6O8/c1-26(33(51)22-38-44-13-14-45-38)46-32(31-20-30(57-40(31)54)19-28-7-9-29(10-8-28)48(5)6)21-35-41(3)12-11-37(52)42(4,24-50)34(41)23-36(43(35)25-56-43)47-27(2)39(53)49-15-17-55-18-16-49/h7-10,13,19-20,26-27,32,34-37,46-47,50,52H,11-12,14-18,21-25H2,1-6H3/b30-19+/t26?,27?,32?,34?,35?,36?,37-,41+,42+,43?/m1/s1. The first-order valence-electron chi connectivity index (χ1n) is 20.5. The maximum absolute atomic E-state index is 13.9. The Labute approximate surface area is 335 Å². The Morgan fingerprint density at radius 3 is 2.47 bits per heavy atom. The molecule has 7 rings (SSSR count). The fourth-order valence-electron chi connectivity index (χ4n) is 10.4. The van der Waals surface area contributed by atoms with Gasteiger partial charge in [0.2, 0.25) is 5.91 Å². The molecule has 4 N–H and O–H groups in total. The first-order chi connectivity index (χ1) is 27.2. The molecule has 310 valence electrons. The summed E-state index contributed by atoms with van der Waals surface area (Å²) >= 11 is 0. The van der Waals surface area contributed by atoms with Crippen LogP contribution < -0.4 is 15.5 Å². The lowest BCUT2D eigenvalue weighted by atomic mass is 9.43. The number of esters is 1. The number of nitrogens with one attached hydrogen (secondary N) is 2. The van der Waals surface area contributed by atoms with Crippen molar-refractivity contribution in [2.24, 2.45) is 32.7 Å². The van der Waals surface area contributed by atoms with E-state index >= 15 is 0 Å². The van der Waals surface area contributed by atoms with Crippen LogP contribution >= 0.6 is 0 Å². The van der Waals surface area contributed by atoms with E-state index in [0.29, 0.717) is 82.3 Å². The number of amides is 1. The Kier molecular flexibility index (Phi) is 11.9. The van der Waals surface area contributed by atoms with E-state index in [2.05, 4.69) is 27.5 Å². The highest BCUT2D eigenvalue weighted by Crippen LogP contribution is 2.66. The number of allylic oxidation sites excluding steroid dienone is 1. The zero-order valence-corrected chi connectivity index (χ0v) is 34.2. The summed E-state index contributed by atoms with van der Waals surface area (Å²) in [4.78, 5) is 53.7. The number of carbonyl (C=O) groups is 3. The Balaban J connectivity index is 1.24. The third kappa shape index (κ3) is 8.13. The Morgan fingerprint density at radius 1 is 1.12 bits per heavy atom. The predicted octanol–water partition coefficient (Wildman–Crippen LogP) is 2.53. The zero-order valence-electron chi connectivity index (χ0n) is 34.2. The molecule has 0 bridgehead atoms. The van der Waals surface area contributed by atoms with E-state index in [0.717, 1.165) is 11.3 Å². The molecule has 2 saturated carbocycles. The Bertz CT molecular complexity index is 1820. The highest BCUT2D eigenvalue weighted by atomic mass is 16.6. The molecular weight excluding hydrogens is 729 g/mol. The maximum atomic E-state index is 13.9. The number of morpholine rings is 1. The van der Waals surface area contributed by atoms with Gasteiger partial charge in [0.05, 0.1) is 63.2 Å². The zero-order chi connectivity index (χ0) is 40.7. The van der Waals surface area contributed by atoms with Gasteiger partial charge in [0.15, 0.2) is 5.78 Å². The van der Waals surface area contributed by atoms with Crippen LogP contribution in [0.5, 0.6) is 0 Å². The Hall–Kier alpha value is -3.79. The fourth-order valence-corrected chi connectivity index (χ4v) is 10.4. The van der Waals surface area contributed by atoms with E-state index in [1.54, 1.807) is 19.2 Å². The molecule has 1 spiro atoms. The van der Waals surface area contributed by atoms with Gasteiger partial charge in [0.25, 0.3) is 0 Å². The van der Waals surface area contributed by atoms with Crippen molar-refractivity contribution >= 4 is 41.5 Å². The molecule has 14 nitrogen and oxygen atoms in total. The summed E-state index contributed by atoms with van der Waals surface area (Å²) in [6, 6.07) is 5.84. The largest absolute Gasteiger partial charge is 0.423 e. The molecule has 1 aromatic rings. The molecule has 4 heterocycles. The summed E-state index contributed by atoms with van der Waals surface area (Å²) in [5, 5.41) is 29.7. The number of fused-ring (bicyclic) bond motifs is 1. The SMILES string of the molecule is CC(NC(CC1C2(CO2)C(NC(C)C(=O)N2CCOCC2)CC2[C@]1(C)CC[C@@H](O)[C@@]2(C)CO)C1=C/C(=C\c2ccc(N(C)C)cc2)OC1=O)C(=O)CC1=NCC=N1. The van der Waals surface area contributed by atoms with E-state index < -0.39 is 46.6 Å². The lowest BCUT2D eigenvalue weighted by Crippen LogP contribution is -2.68. The van der Waals surface area contributed by atoms with Crippen LogP contribution in [0.1, 0.15) is 65.4 Å². The molecule has 2 saturated heterocycles. The number of carbonyl (C=O) groups excluding carboxylic acids is 3. The monoisotopic (exact) mass is 788 g/mol. The third-order valence-electron chi connectivity index (χ3n) is 13.9. The first-order valence-corrected chi connectivity index (χ1v) is 20.5. The smallest absolute Gasteiger partial charge is 0.341 e. The molecule has 10 atom stereocenters. The second kappa shape index (κ2) is 16.5. The predicted molar refractivity (Wildman–Crippen MR) is 217 cm³/mol. The minimum Gasteiger partial charge on any atom is -0.423 e.